The first-order valence-electron chi connectivity index (χ1n) is 5.84. The first-order valence-corrected chi connectivity index (χ1v) is 5.84. The molecule has 2 unspecified atom stereocenters. The molecule has 0 aliphatic rings. The van der Waals surface area contributed by atoms with Crippen LogP contribution >= 0.6 is 0 Å². The molecule has 5 nitrogen and oxygen atoms in total. The Balaban J connectivity index is 2.83. The molecular weight excluding hydrogens is 232 g/mol. The lowest BCUT2D eigenvalue weighted by atomic mass is 10.0. The molecule has 1 aromatic rings. The van der Waals surface area contributed by atoms with Crippen molar-refractivity contribution in [3.8, 4) is 5.75 Å². The fourth-order valence-corrected chi connectivity index (χ4v) is 1.44. The molecule has 2 atom stereocenters. The van der Waals surface area contributed by atoms with E-state index < -0.39 is 0 Å². The smallest absolute Gasteiger partial charge is 0.253 e. The number of methoxy groups -OCH3 is 1. The number of nitrogen functional groups attached to an aromatic ring is 1. The largest absolute Gasteiger partial charge is 0.497 e. The summed E-state index contributed by atoms with van der Waals surface area (Å²) in [5.74, 6) is 0.303. The van der Waals surface area contributed by atoms with Crippen molar-refractivity contribution in [2.75, 3.05) is 19.5 Å². The molecule has 1 aromatic carbocycles. The number of anilines is 1. The van der Waals surface area contributed by atoms with E-state index in [-0.39, 0.29) is 24.5 Å². The van der Waals surface area contributed by atoms with Crippen LogP contribution in [0, 0.1) is 5.92 Å². The first kappa shape index (κ1) is 14.3. The molecule has 0 radical (unpaired) electrons. The van der Waals surface area contributed by atoms with Crippen LogP contribution in [0.4, 0.5) is 5.69 Å². The van der Waals surface area contributed by atoms with Crippen molar-refractivity contribution < 1.29 is 14.6 Å². The molecule has 0 aromatic heterocycles. The number of hydrogen-bond donors (Lipinski definition) is 3. The SMILES string of the molecule is COc1ccc(N)c(C(=O)NC(C)C(C)CO)c1. The van der Waals surface area contributed by atoms with Crippen LogP contribution in [-0.2, 0) is 0 Å². The average molecular weight is 252 g/mol. The number of amides is 1. The molecule has 0 aliphatic carbocycles. The molecular formula is C13H20N2O3. The zero-order valence-corrected chi connectivity index (χ0v) is 10.9. The van der Waals surface area contributed by atoms with E-state index in [4.69, 9.17) is 15.6 Å². The average Bonchev–Trinajstić information content (AvgIpc) is 2.38. The molecule has 0 aliphatic heterocycles. The molecule has 0 fully saturated rings. The summed E-state index contributed by atoms with van der Waals surface area (Å²) in [5, 5.41) is 11.8. The van der Waals surface area contributed by atoms with E-state index in [9.17, 15) is 4.79 Å². The van der Waals surface area contributed by atoms with Gasteiger partial charge < -0.3 is 20.9 Å². The van der Waals surface area contributed by atoms with Crippen molar-refractivity contribution >= 4 is 11.6 Å². The van der Waals surface area contributed by atoms with Gasteiger partial charge in [-0.3, -0.25) is 4.79 Å². The van der Waals surface area contributed by atoms with Crippen molar-refractivity contribution in [3.63, 3.8) is 0 Å². The number of ether oxygens (including phenoxy) is 1. The van der Waals surface area contributed by atoms with E-state index in [2.05, 4.69) is 5.32 Å². The minimum atomic E-state index is -0.265. The number of hydrogen-bond acceptors (Lipinski definition) is 4. The van der Waals surface area contributed by atoms with Crippen molar-refractivity contribution in [2.24, 2.45) is 5.92 Å². The maximum atomic E-state index is 12.0. The van der Waals surface area contributed by atoms with Crippen LogP contribution in [-0.4, -0.2) is 30.8 Å². The standard InChI is InChI=1S/C13H20N2O3/c1-8(7-16)9(2)15-13(17)11-6-10(18-3)4-5-12(11)14/h4-6,8-9,16H,7,14H2,1-3H3,(H,15,17). The quantitative estimate of drug-likeness (QED) is 0.683. The van der Waals surface area contributed by atoms with Gasteiger partial charge in [-0.1, -0.05) is 6.92 Å². The van der Waals surface area contributed by atoms with Gasteiger partial charge in [0, 0.05) is 18.3 Å². The normalized spacial score (nSPS) is 13.8. The number of aliphatic hydroxyl groups excluding tert-OH is 1. The highest BCUT2D eigenvalue weighted by Crippen LogP contribution is 2.19. The number of benzene rings is 1. The Kier molecular flexibility index (Phi) is 4.97. The van der Waals surface area contributed by atoms with Crippen LogP contribution < -0.4 is 15.8 Å². The summed E-state index contributed by atoms with van der Waals surface area (Å²) in [7, 11) is 1.53. The van der Waals surface area contributed by atoms with Crippen LogP contribution in [0.5, 0.6) is 5.75 Å². The van der Waals surface area contributed by atoms with E-state index >= 15 is 0 Å². The highest BCUT2D eigenvalue weighted by Gasteiger charge is 2.17. The van der Waals surface area contributed by atoms with Gasteiger partial charge in [-0.2, -0.15) is 0 Å². The summed E-state index contributed by atoms with van der Waals surface area (Å²) in [5.41, 5.74) is 6.54. The Bertz CT molecular complexity index is 421. The van der Waals surface area contributed by atoms with Crippen LogP contribution in [0.2, 0.25) is 0 Å². The minimum absolute atomic E-state index is 0.0132. The number of carbonyl (C=O) groups is 1. The highest BCUT2D eigenvalue weighted by molar-refractivity contribution is 5.99. The van der Waals surface area contributed by atoms with Crippen molar-refractivity contribution in [2.45, 2.75) is 19.9 Å². The Morgan fingerprint density at radius 3 is 2.72 bits per heavy atom. The lowest BCUT2D eigenvalue weighted by molar-refractivity contribution is 0.0917. The maximum absolute atomic E-state index is 12.0. The Morgan fingerprint density at radius 2 is 2.17 bits per heavy atom. The van der Waals surface area contributed by atoms with E-state index in [0.29, 0.717) is 17.0 Å². The number of nitrogens with two attached hydrogens (primary N) is 1. The second kappa shape index (κ2) is 6.26. The van der Waals surface area contributed by atoms with E-state index in [1.165, 1.54) is 7.11 Å². The van der Waals surface area contributed by atoms with Crippen molar-refractivity contribution in [1.82, 2.24) is 5.32 Å². The first-order chi connectivity index (χ1) is 8.49. The van der Waals surface area contributed by atoms with Gasteiger partial charge >= 0.3 is 0 Å². The summed E-state index contributed by atoms with van der Waals surface area (Å²) in [4.78, 5) is 12.0. The lowest BCUT2D eigenvalue weighted by Gasteiger charge is -2.19. The van der Waals surface area contributed by atoms with Gasteiger partial charge in [0.15, 0.2) is 0 Å². The number of rotatable bonds is 5. The predicted molar refractivity (Wildman–Crippen MR) is 70.6 cm³/mol. The predicted octanol–water partition coefficient (Wildman–Crippen LogP) is 1.02. The molecule has 1 amide bonds. The molecule has 18 heavy (non-hydrogen) atoms. The summed E-state index contributed by atoms with van der Waals surface area (Å²) in [6.45, 7) is 3.73. The monoisotopic (exact) mass is 252 g/mol. The molecule has 1 rings (SSSR count). The van der Waals surface area contributed by atoms with Crippen LogP contribution in [0.15, 0.2) is 18.2 Å². The summed E-state index contributed by atoms with van der Waals surface area (Å²) < 4.78 is 5.06. The summed E-state index contributed by atoms with van der Waals surface area (Å²) in [6.07, 6.45) is 0. The number of carbonyl (C=O) groups excluding carboxylic acids is 1. The minimum Gasteiger partial charge on any atom is -0.497 e. The second-order valence-corrected chi connectivity index (χ2v) is 4.38. The summed E-state index contributed by atoms with van der Waals surface area (Å²) >= 11 is 0. The Hall–Kier alpha value is -1.75. The van der Waals surface area contributed by atoms with Crippen LogP contribution in [0.1, 0.15) is 24.2 Å². The third kappa shape index (κ3) is 3.37. The van der Waals surface area contributed by atoms with Gasteiger partial charge in [0.05, 0.1) is 12.7 Å². The highest BCUT2D eigenvalue weighted by atomic mass is 16.5. The van der Waals surface area contributed by atoms with Gasteiger partial charge in [-0.25, -0.2) is 0 Å². The molecule has 0 spiro atoms. The van der Waals surface area contributed by atoms with E-state index in [0.717, 1.165) is 0 Å². The van der Waals surface area contributed by atoms with Gasteiger partial charge in [0.1, 0.15) is 5.75 Å². The van der Waals surface area contributed by atoms with Gasteiger partial charge in [-0.15, -0.1) is 0 Å². The zero-order valence-electron chi connectivity index (χ0n) is 10.9. The lowest BCUT2D eigenvalue weighted by Crippen LogP contribution is -2.38. The molecule has 100 valence electrons. The second-order valence-electron chi connectivity index (χ2n) is 4.38. The molecule has 0 heterocycles. The number of aliphatic hydroxyl groups is 1. The molecule has 5 heteroatoms. The topological polar surface area (TPSA) is 84.6 Å². The molecule has 4 N–H and O–H groups in total. The molecule has 0 saturated carbocycles. The molecule has 0 saturated heterocycles. The van der Waals surface area contributed by atoms with Crippen molar-refractivity contribution in [1.29, 1.82) is 0 Å². The van der Waals surface area contributed by atoms with Crippen molar-refractivity contribution in [3.05, 3.63) is 23.8 Å². The third-order valence-corrected chi connectivity index (χ3v) is 3.01. The number of nitrogens with one attached hydrogen (secondary N) is 1. The van der Waals surface area contributed by atoms with Gasteiger partial charge in [0.25, 0.3) is 5.91 Å². The van der Waals surface area contributed by atoms with E-state index in [1.54, 1.807) is 18.2 Å². The zero-order chi connectivity index (χ0) is 13.7. The summed E-state index contributed by atoms with van der Waals surface area (Å²) in [6, 6.07) is 4.80. The van der Waals surface area contributed by atoms with Gasteiger partial charge in [0.2, 0.25) is 0 Å². The van der Waals surface area contributed by atoms with E-state index in [1.807, 2.05) is 13.8 Å². The third-order valence-electron chi connectivity index (χ3n) is 3.01. The Morgan fingerprint density at radius 1 is 1.50 bits per heavy atom. The van der Waals surface area contributed by atoms with Crippen LogP contribution in [0.25, 0.3) is 0 Å². The fraction of sp³-hybridized carbons (Fsp3) is 0.462. The molecule has 0 bridgehead atoms. The van der Waals surface area contributed by atoms with Crippen LogP contribution in [0.3, 0.4) is 0 Å². The fourth-order valence-electron chi connectivity index (χ4n) is 1.44. The maximum Gasteiger partial charge on any atom is 0.253 e. The van der Waals surface area contributed by atoms with Gasteiger partial charge in [-0.05, 0) is 31.0 Å². The Labute approximate surface area is 107 Å².